The van der Waals surface area contributed by atoms with Gasteiger partial charge in [-0.25, -0.2) is 12.8 Å². The van der Waals surface area contributed by atoms with Crippen LogP contribution >= 0.6 is 0 Å². The Morgan fingerprint density at radius 3 is 2.32 bits per heavy atom. The lowest BCUT2D eigenvalue weighted by Gasteiger charge is -2.29. The molecule has 0 aliphatic carbocycles. The molecule has 152 valence electrons. The molecule has 0 bridgehead atoms. The van der Waals surface area contributed by atoms with Crippen LogP contribution in [-0.2, 0) is 14.8 Å². The average molecular weight is 408 g/mol. The fraction of sp³-hybridized carbons (Fsp3) is 0.350. The Bertz CT molecular complexity index is 916. The number of benzene rings is 2. The molecular formula is C20H25FN2O4S. The van der Waals surface area contributed by atoms with Gasteiger partial charge in [0.25, 0.3) is 0 Å². The van der Waals surface area contributed by atoms with Crippen molar-refractivity contribution in [3.8, 4) is 5.75 Å². The van der Waals surface area contributed by atoms with E-state index in [9.17, 15) is 17.6 Å². The van der Waals surface area contributed by atoms with Gasteiger partial charge in [-0.2, -0.15) is 0 Å². The molecule has 0 saturated heterocycles. The maximum absolute atomic E-state index is 14.1. The van der Waals surface area contributed by atoms with E-state index < -0.39 is 27.8 Å². The first kappa shape index (κ1) is 21.7. The number of ether oxygens (including phenoxy) is 1. The number of para-hydroxylation sites is 1. The summed E-state index contributed by atoms with van der Waals surface area (Å²) in [5, 5.41) is 2.71. The van der Waals surface area contributed by atoms with Crippen LogP contribution in [0.15, 0.2) is 48.5 Å². The zero-order valence-electron chi connectivity index (χ0n) is 16.3. The minimum Gasteiger partial charge on any atom is -0.491 e. The summed E-state index contributed by atoms with van der Waals surface area (Å²) in [5.74, 6) is -0.596. The fourth-order valence-corrected chi connectivity index (χ4v) is 3.85. The van der Waals surface area contributed by atoms with Gasteiger partial charge in [-0.15, -0.1) is 0 Å². The van der Waals surface area contributed by atoms with Crippen molar-refractivity contribution in [2.45, 2.75) is 32.9 Å². The Balaban J connectivity index is 2.06. The molecule has 0 radical (unpaired) electrons. The topological polar surface area (TPSA) is 75.7 Å². The number of amides is 1. The van der Waals surface area contributed by atoms with Crippen LogP contribution in [0.2, 0.25) is 0 Å². The summed E-state index contributed by atoms with van der Waals surface area (Å²) in [6, 6.07) is 11.4. The number of aryl methyl sites for hydroxylation is 1. The predicted octanol–water partition coefficient (Wildman–Crippen LogP) is 2.87. The fourth-order valence-electron chi connectivity index (χ4n) is 2.67. The third-order valence-electron chi connectivity index (χ3n) is 4.09. The highest BCUT2D eigenvalue weighted by Gasteiger charge is 2.31. The molecular weight excluding hydrogens is 383 g/mol. The van der Waals surface area contributed by atoms with E-state index in [1.807, 2.05) is 31.2 Å². The van der Waals surface area contributed by atoms with E-state index in [1.165, 1.54) is 25.1 Å². The molecule has 2 aromatic carbocycles. The van der Waals surface area contributed by atoms with Crippen molar-refractivity contribution in [3.05, 3.63) is 59.9 Å². The number of anilines is 1. The number of nitrogens with one attached hydrogen (secondary N) is 1. The summed E-state index contributed by atoms with van der Waals surface area (Å²) >= 11 is 0. The molecule has 8 heteroatoms. The number of hydrogen-bond donors (Lipinski definition) is 1. The molecule has 28 heavy (non-hydrogen) atoms. The van der Waals surface area contributed by atoms with Crippen LogP contribution in [0.1, 0.15) is 19.4 Å². The van der Waals surface area contributed by atoms with Crippen molar-refractivity contribution in [1.29, 1.82) is 0 Å². The van der Waals surface area contributed by atoms with Crippen LogP contribution in [0, 0.1) is 12.7 Å². The quantitative estimate of drug-likeness (QED) is 0.729. The van der Waals surface area contributed by atoms with Crippen molar-refractivity contribution < 1.29 is 22.3 Å². The predicted molar refractivity (Wildman–Crippen MR) is 107 cm³/mol. The molecule has 0 aromatic heterocycles. The van der Waals surface area contributed by atoms with Crippen molar-refractivity contribution >= 4 is 21.6 Å². The number of carbonyl (C=O) groups excluding carboxylic acids is 1. The Kier molecular flexibility index (Phi) is 7.01. The maximum atomic E-state index is 14.1. The Labute approximate surface area is 165 Å². The summed E-state index contributed by atoms with van der Waals surface area (Å²) in [5.41, 5.74) is 0.938. The number of carbonyl (C=O) groups is 1. The first-order valence-electron chi connectivity index (χ1n) is 8.83. The van der Waals surface area contributed by atoms with E-state index in [-0.39, 0.29) is 18.3 Å². The van der Waals surface area contributed by atoms with Crippen molar-refractivity contribution in [3.63, 3.8) is 0 Å². The molecule has 1 amide bonds. The van der Waals surface area contributed by atoms with E-state index in [0.29, 0.717) is 5.75 Å². The minimum atomic E-state index is -3.88. The molecule has 6 nitrogen and oxygen atoms in total. The van der Waals surface area contributed by atoms with Crippen LogP contribution in [-0.4, -0.2) is 39.3 Å². The molecule has 0 heterocycles. The van der Waals surface area contributed by atoms with Gasteiger partial charge < -0.3 is 10.1 Å². The Morgan fingerprint density at radius 2 is 1.75 bits per heavy atom. The highest BCUT2D eigenvalue weighted by Crippen LogP contribution is 2.24. The molecule has 0 saturated carbocycles. The van der Waals surface area contributed by atoms with Gasteiger partial charge in [0.1, 0.15) is 24.2 Å². The zero-order valence-corrected chi connectivity index (χ0v) is 17.2. The number of halogens is 1. The van der Waals surface area contributed by atoms with E-state index >= 15 is 0 Å². The lowest BCUT2D eigenvalue weighted by Crippen LogP contribution is -2.51. The van der Waals surface area contributed by atoms with E-state index in [1.54, 1.807) is 6.92 Å². The first-order chi connectivity index (χ1) is 13.1. The summed E-state index contributed by atoms with van der Waals surface area (Å²) < 4.78 is 45.0. The molecule has 2 atom stereocenters. The average Bonchev–Trinajstić information content (AvgIpc) is 2.62. The van der Waals surface area contributed by atoms with E-state index in [4.69, 9.17) is 4.74 Å². The van der Waals surface area contributed by atoms with Crippen molar-refractivity contribution in [1.82, 2.24) is 5.32 Å². The SMILES string of the molecule is Cc1ccc(OC[C@H](C)NC(=O)[C@H](C)N(c2ccccc2F)S(C)(=O)=O)cc1. The number of rotatable bonds is 8. The van der Waals surface area contributed by atoms with Crippen molar-refractivity contribution in [2.24, 2.45) is 0 Å². The van der Waals surface area contributed by atoms with Crippen LogP contribution in [0.5, 0.6) is 5.75 Å². The molecule has 0 spiro atoms. The summed E-state index contributed by atoms with van der Waals surface area (Å²) in [7, 11) is -3.88. The molecule has 1 N–H and O–H groups in total. The zero-order chi connectivity index (χ0) is 20.9. The second-order valence-corrected chi connectivity index (χ2v) is 8.58. The largest absolute Gasteiger partial charge is 0.491 e. The van der Waals surface area contributed by atoms with Crippen LogP contribution < -0.4 is 14.4 Å². The highest BCUT2D eigenvalue weighted by atomic mass is 32.2. The summed E-state index contributed by atoms with van der Waals surface area (Å²) in [6.45, 7) is 5.33. The standard InChI is InChI=1S/C20H25FN2O4S/c1-14-9-11-17(12-10-14)27-13-15(2)22-20(24)16(3)23(28(4,25)26)19-8-6-5-7-18(19)21/h5-12,15-16H,13H2,1-4H3,(H,22,24)/t15-,16-/m0/s1. The normalized spacial score (nSPS) is 13.5. The van der Waals surface area contributed by atoms with Crippen LogP contribution in [0.4, 0.5) is 10.1 Å². The van der Waals surface area contributed by atoms with Gasteiger partial charge in [-0.05, 0) is 45.0 Å². The minimum absolute atomic E-state index is 0.170. The third-order valence-corrected chi connectivity index (χ3v) is 5.32. The lowest BCUT2D eigenvalue weighted by atomic mass is 10.2. The van der Waals surface area contributed by atoms with Crippen LogP contribution in [0.25, 0.3) is 0 Å². The van der Waals surface area contributed by atoms with Crippen LogP contribution in [0.3, 0.4) is 0 Å². The first-order valence-corrected chi connectivity index (χ1v) is 10.7. The van der Waals surface area contributed by atoms with E-state index in [2.05, 4.69) is 5.32 Å². The Morgan fingerprint density at radius 1 is 1.14 bits per heavy atom. The number of sulfonamides is 1. The molecule has 0 aliphatic heterocycles. The maximum Gasteiger partial charge on any atom is 0.243 e. The van der Waals surface area contributed by atoms with E-state index in [0.717, 1.165) is 22.2 Å². The molecule has 2 aromatic rings. The third kappa shape index (κ3) is 5.69. The lowest BCUT2D eigenvalue weighted by molar-refractivity contribution is -0.122. The number of hydrogen-bond acceptors (Lipinski definition) is 4. The second kappa shape index (κ2) is 9.05. The van der Waals surface area contributed by atoms with Gasteiger partial charge >= 0.3 is 0 Å². The van der Waals surface area contributed by atoms with Gasteiger partial charge in [0.2, 0.25) is 15.9 Å². The van der Waals surface area contributed by atoms with Gasteiger partial charge in [0, 0.05) is 0 Å². The smallest absolute Gasteiger partial charge is 0.243 e. The Hall–Kier alpha value is -2.61. The molecule has 0 unspecified atom stereocenters. The molecule has 2 rings (SSSR count). The number of nitrogens with zero attached hydrogens (tertiary/aromatic N) is 1. The van der Waals surface area contributed by atoms with Gasteiger partial charge in [-0.1, -0.05) is 29.8 Å². The highest BCUT2D eigenvalue weighted by molar-refractivity contribution is 7.92. The van der Waals surface area contributed by atoms with Gasteiger partial charge in [0.15, 0.2) is 0 Å². The second-order valence-electron chi connectivity index (χ2n) is 6.72. The summed E-state index contributed by atoms with van der Waals surface area (Å²) in [4.78, 5) is 12.6. The van der Waals surface area contributed by atoms with Gasteiger partial charge in [-0.3, -0.25) is 9.10 Å². The molecule has 0 fully saturated rings. The summed E-state index contributed by atoms with van der Waals surface area (Å²) in [6.07, 6.45) is 0.938. The molecule has 0 aliphatic rings. The van der Waals surface area contributed by atoms with Crippen molar-refractivity contribution in [2.75, 3.05) is 17.2 Å². The van der Waals surface area contributed by atoms with Gasteiger partial charge in [0.05, 0.1) is 18.0 Å². The monoisotopic (exact) mass is 408 g/mol.